The number of hydrogen-bond acceptors (Lipinski definition) is 4. The molecule has 112 valence electrons. The van der Waals surface area contributed by atoms with Crippen LogP contribution < -0.4 is 9.47 Å². The number of carbonyl (C=O) groups is 1. The molecule has 0 bridgehead atoms. The minimum absolute atomic E-state index is 0.425. The Labute approximate surface area is 125 Å². The normalized spacial score (nSPS) is 11.0. The zero-order valence-corrected chi connectivity index (χ0v) is 12.9. The van der Waals surface area contributed by atoms with Crippen LogP contribution in [0.3, 0.4) is 0 Å². The molecule has 1 aromatic carbocycles. The summed E-state index contributed by atoms with van der Waals surface area (Å²) in [5, 5.41) is 0. The molecule has 0 aliphatic carbocycles. The third-order valence-electron chi connectivity index (χ3n) is 2.65. The molecule has 5 heteroatoms. The highest BCUT2D eigenvalue weighted by Gasteiger charge is 2.31. The van der Waals surface area contributed by atoms with Gasteiger partial charge in [0.15, 0.2) is 5.60 Å². The lowest BCUT2D eigenvalue weighted by Crippen LogP contribution is -2.39. The lowest BCUT2D eigenvalue weighted by molar-refractivity contribution is -0.156. The molecule has 20 heavy (non-hydrogen) atoms. The van der Waals surface area contributed by atoms with Crippen LogP contribution in [0.5, 0.6) is 11.5 Å². The van der Waals surface area contributed by atoms with Gasteiger partial charge in [0.25, 0.3) is 0 Å². The van der Waals surface area contributed by atoms with Crippen LogP contribution in [0.25, 0.3) is 0 Å². The fourth-order valence-corrected chi connectivity index (χ4v) is 1.79. The van der Waals surface area contributed by atoms with Crippen molar-refractivity contribution in [2.24, 2.45) is 0 Å². The first-order chi connectivity index (χ1) is 9.49. The Morgan fingerprint density at radius 2 is 1.95 bits per heavy atom. The molecule has 0 saturated carbocycles. The molecule has 0 heterocycles. The SMILES string of the molecule is COC(=O)C(C)(C)Oc1cccc(OCCCCCl)c1. The van der Waals surface area contributed by atoms with Crippen LogP contribution in [-0.4, -0.2) is 31.2 Å². The largest absolute Gasteiger partial charge is 0.493 e. The zero-order valence-electron chi connectivity index (χ0n) is 12.1. The molecule has 0 radical (unpaired) electrons. The average Bonchev–Trinajstić information content (AvgIpc) is 2.42. The summed E-state index contributed by atoms with van der Waals surface area (Å²) in [7, 11) is 1.34. The maximum atomic E-state index is 11.6. The lowest BCUT2D eigenvalue weighted by Gasteiger charge is -2.23. The molecule has 0 spiro atoms. The fourth-order valence-electron chi connectivity index (χ4n) is 1.60. The number of benzene rings is 1. The summed E-state index contributed by atoms with van der Waals surface area (Å²) in [4.78, 5) is 11.6. The molecule has 0 fully saturated rings. The highest BCUT2D eigenvalue weighted by Crippen LogP contribution is 2.24. The minimum Gasteiger partial charge on any atom is -0.493 e. The molecule has 0 aromatic heterocycles. The van der Waals surface area contributed by atoms with Crippen LogP contribution in [-0.2, 0) is 9.53 Å². The summed E-state index contributed by atoms with van der Waals surface area (Å²) in [6, 6.07) is 7.19. The van der Waals surface area contributed by atoms with E-state index in [0.717, 1.165) is 12.8 Å². The first kappa shape index (κ1) is 16.6. The van der Waals surface area contributed by atoms with E-state index in [-0.39, 0.29) is 0 Å². The first-order valence-corrected chi connectivity index (χ1v) is 7.09. The number of hydrogen-bond donors (Lipinski definition) is 0. The average molecular weight is 301 g/mol. The zero-order chi connectivity index (χ0) is 15.0. The summed E-state index contributed by atoms with van der Waals surface area (Å²) < 4.78 is 15.9. The Morgan fingerprint density at radius 1 is 1.25 bits per heavy atom. The summed E-state index contributed by atoms with van der Waals surface area (Å²) in [5.74, 6) is 1.48. The number of unbranched alkanes of at least 4 members (excludes halogenated alkanes) is 1. The molecule has 1 aromatic rings. The van der Waals surface area contributed by atoms with Gasteiger partial charge in [0.05, 0.1) is 13.7 Å². The van der Waals surface area contributed by atoms with E-state index in [1.165, 1.54) is 7.11 Å². The predicted octanol–water partition coefficient (Wildman–Crippen LogP) is 3.41. The van der Waals surface area contributed by atoms with Gasteiger partial charge in [-0.3, -0.25) is 0 Å². The van der Waals surface area contributed by atoms with Gasteiger partial charge in [0.2, 0.25) is 0 Å². The quantitative estimate of drug-likeness (QED) is 0.419. The topological polar surface area (TPSA) is 44.8 Å². The van der Waals surface area contributed by atoms with E-state index in [0.29, 0.717) is 24.0 Å². The number of carbonyl (C=O) groups excluding carboxylic acids is 1. The third-order valence-corrected chi connectivity index (χ3v) is 2.92. The van der Waals surface area contributed by atoms with E-state index in [9.17, 15) is 4.79 Å². The molecule has 0 aliphatic rings. The first-order valence-electron chi connectivity index (χ1n) is 6.56. The molecule has 4 nitrogen and oxygen atoms in total. The molecule has 0 unspecified atom stereocenters. The van der Waals surface area contributed by atoms with Gasteiger partial charge in [-0.2, -0.15) is 0 Å². The van der Waals surface area contributed by atoms with Crippen molar-refractivity contribution in [3.05, 3.63) is 24.3 Å². The van der Waals surface area contributed by atoms with E-state index in [2.05, 4.69) is 0 Å². The number of methoxy groups -OCH3 is 1. The van der Waals surface area contributed by atoms with Gasteiger partial charge < -0.3 is 14.2 Å². The number of rotatable bonds is 8. The van der Waals surface area contributed by atoms with Crippen molar-refractivity contribution in [2.75, 3.05) is 19.6 Å². The molecule has 1 rings (SSSR count). The van der Waals surface area contributed by atoms with Gasteiger partial charge in [-0.25, -0.2) is 4.79 Å². The molecular formula is C15H21ClO4. The third kappa shape index (κ3) is 5.29. The van der Waals surface area contributed by atoms with Crippen molar-refractivity contribution in [1.29, 1.82) is 0 Å². The summed E-state index contributed by atoms with van der Waals surface area (Å²) in [6.07, 6.45) is 1.83. The minimum atomic E-state index is -1.04. The molecule has 0 atom stereocenters. The van der Waals surface area contributed by atoms with E-state index in [4.69, 9.17) is 25.8 Å². The summed E-state index contributed by atoms with van der Waals surface area (Å²) >= 11 is 5.61. The van der Waals surface area contributed by atoms with E-state index >= 15 is 0 Å². The Bertz CT molecular complexity index is 432. The number of alkyl halides is 1. The Hall–Kier alpha value is -1.42. The number of halogens is 1. The molecule has 0 aliphatic heterocycles. The highest BCUT2D eigenvalue weighted by molar-refractivity contribution is 6.17. The van der Waals surface area contributed by atoms with Crippen molar-refractivity contribution in [3.8, 4) is 11.5 Å². The van der Waals surface area contributed by atoms with E-state index in [1.54, 1.807) is 26.0 Å². The van der Waals surface area contributed by atoms with Gasteiger partial charge in [-0.15, -0.1) is 11.6 Å². The Morgan fingerprint density at radius 3 is 2.60 bits per heavy atom. The van der Waals surface area contributed by atoms with Crippen LogP contribution in [0.15, 0.2) is 24.3 Å². The van der Waals surface area contributed by atoms with E-state index in [1.807, 2.05) is 12.1 Å². The molecular weight excluding hydrogens is 280 g/mol. The van der Waals surface area contributed by atoms with Crippen LogP contribution in [0, 0.1) is 0 Å². The van der Waals surface area contributed by atoms with Gasteiger partial charge in [-0.1, -0.05) is 6.07 Å². The van der Waals surface area contributed by atoms with Crippen molar-refractivity contribution in [2.45, 2.75) is 32.3 Å². The number of esters is 1. The summed E-state index contributed by atoms with van der Waals surface area (Å²) in [5.41, 5.74) is -1.04. The second-order valence-corrected chi connectivity index (χ2v) is 5.20. The maximum Gasteiger partial charge on any atom is 0.349 e. The molecule has 0 saturated heterocycles. The van der Waals surface area contributed by atoms with Crippen molar-refractivity contribution in [3.63, 3.8) is 0 Å². The Kier molecular flexibility index (Phi) is 6.65. The van der Waals surface area contributed by atoms with Crippen LogP contribution in [0.1, 0.15) is 26.7 Å². The summed E-state index contributed by atoms with van der Waals surface area (Å²) in [6.45, 7) is 3.93. The monoisotopic (exact) mass is 300 g/mol. The molecule has 0 N–H and O–H groups in total. The lowest BCUT2D eigenvalue weighted by atomic mass is 10.1. The van der Waals surface area contributed by atoms with Crippen molar-refractivity contribution >= 4 is 17.6 Å². The molecule has 0 amide bonds. The number of ether oxygens (including phenoxy) is 3. The second-order valence-electron chi connectivity index (χ2n) is 4.82. The van der Waals surface area contributed by atoms with Gasteiger partial charge in [0.1, 0.15) is 11.5 Å². The van der Waals surface area contributed by atoms with Crippen molar-refractivity contribution < 1.29 is 19.0 Å². The smallest absolute Gasteiger partial charge is 0.349 e. The van der Waals surface area contributed by atoms with Gasteiger partial charge >= 0.3 is 5.97 Å². The maximum absolute atomic E-state index is 11.6. The highest BCUT2D eigenvalue weighted by atomic mass is 35.5. The Balaban J connectivity index is 2.61. The van der Waals surface area contributed by atoms with Gasteiger partial charge in [0, 0.05) is 11.9 Å². The van der Waals surface area contributed by atoms with Gasteiger partial charge in [-0.05, 0) is 38.8 Å². The fraction of sp³-hybridized carbons (Fsp3) is 0.533. The second kappa shape index (κ2) is 8.00. The van der Waals surface area contributed by atoms with Crippen LogP contribution in [0.4, 0.5) is 0 Å². The van der Waals surface area contributed by atoms with Crippen LogP contribution in [0.2, 0.25) is 0 Å². The van der Waals surface area contributed by atoms with Crippen molar-refractivity contribution in [1.82, 2.24) is 0 Å². The standard InChI is InChI=1S/C15H21ClO4/c1-15(2,14(17)18-3)20-13-8-6-7-12(11-13)19-10-5-4-9-16/h6-8,11H,4-5,9-10H2,1-3H3. The predicted molar refractivity (Wildman–Crippen MR) is 78.6 cm³/mol. The van der Waals surface area contributed by atoms with E-state index < -0.39 is 11.6 Å². The van der Waals surface area contributed by atoms with Crippen LogP contribution >= 0.6 is 11.6 Å².